The van der Waals surface area contributed by atoms with E-state index < -0.39 is 5.82 Å². The van der Waals surface area contributed by atoms with Crippen molar-refractivity contribution in [2.24, 2.45) is 0 Å². The first-order valence-corrected chi connectivity index (χ1v) is 11.5. The number of ether oxygens (including phenoxy) is 2. The van der Waals surface area contributed by atoms with Gasteiger partial charge in [-0.05, 0) is 50.2 Å². The fourth-order valence-corrected chi connectivity index (χ4v) is 4.29. The zero-order chi connectivity index (χ0) is 22.7. The molecule has 1 amide bonds. The molecule has 1 aromatic heterocycles. The normalized spacial score (nSPS) is 13.2. The van der Waals surface area contributed by atoms with E-state index in [0.717, 1.165) is 12.0 Å². The van der Waals surface area contributed by atoms with Crippen LogP contribution >= 0.6 is 23.4 Å². The summed E-state index contributed by atoms with van der Waals surface area (Å²) in [7, 11) is 0. The van der Waals surface area contributed by atoms with Crippen molar-refractivity contribution in [3.63, 3.8) is 0 Å². The Bertz CT molecular complexity index is 1140. The minimum Gasteiger partial charge on any atom is -0.490 e. The summed E-state index contributed by atoms with van der Waals surface area (Å²) in [5, 5.41) is 12.0. The molecule has 2 aromatic carbocycles. The van der Waals surface area contributed by atoms with E-state index in [1.807, 2.05) is 36.6 Å². The monoisotopic (exact) mass is 476 g/mol. The van der Waals surface area contributed by atoms with Crippen molar-refractivity contribution in [1.82, 2.24) is 14.8 Å². The van der Waals surface area contributed by atoms with Gasteiger partial charge in [0.05, 0.1) is 24.0 Å². The number of thioether (sulfide) groups is 1. The van der Waals surface area contributed by atoms with Gasteiger partial charge in [-0.15, -0.1) is 10.2 Å². The number of benzene rings is 2. The second-order valence-corrected chi connectivity index (χ2v) is 8.80. The number of carbonyl (C=O) groups is 1. The molecule has 10 heteroatoms. The average molecular weight is 477 g/mol. The van der Waals surface area contributed by atoms with Crippen molar-refractivity contribution in [3.05, 3.63) is 47.2 Å². The minimum absolute atomic E-state index is 0.0465. The van der Waals surface area contributed by atoms with Crippen LogP contribution in [0.3, 0.4) is 0 Å². The van der Waals surface area contributed by atoms with Crippen LogP contribution in [0.5, 0.6) is 11.5 Å². The lowest BCUT2D eigenvalue weighted by Gasteiger charge is -2.15. The lowest BCUT2D eigenvalue weighted by atomic mass is 10.2. The molecule has 0 atom stereocenters. The molecule has 2 heterocycles. The third kappa shape index (κ3) is 4.99. The molecule has 4 rings (SSSR count). The number of hydrogen-bond acceptors (Lipinski definition) is 6. The van der Waals surface area contributed by atoms with Gasteiger partial charge < -0.3 is 14.8 Å². The van der Waals surface area contributed by atoms with Crippen LogP contribution in [0.1, 0.15) is 26.3 Å². The first-order chi connectivity index (χ1) is 15.4. The molecule has 0 bridgehead atoms. The van der Waals surface area contributed by atoms with Crippen molar-refractivity contribution in [3.8, 4) is 22.9 Å². The van der Waals surface area contributed by atoms with E-state index in [1.54, 1.807) is 0 Å². The van der Waals surface area contributed by atoms with Gasteiger partial charge in [0.2, 0.25) is 5.91 Å². The number of halogens is 2. The molecule has 1 aliphatic rings. The molecule has 0 fully saturated rings. The van der Waals surface area contributed by atoms with Gasteiger partial charge >= 0.3 is 0 Å². The Balaban J connectivity index is 1.50. The highest BCUT2D eigenvalue weighted by molar-refractivity contribution is 7.99. The zero-order valence-electron chi connectivity index (χ0n) is 17.6. The van der Waals surface area contributed by atoms with Crippen molar-refractivity contribution >= 4 is 35.0 Å². The number of nitrogens with zero attached hydrogens (tertiary/aromatic N) is 3. The van der Waals surface area contributed by atoms with Crippen molar-refractivity contribution < 1.29 is 18.7 Å². The Morgan fingerprint density at radius 2 is 1.97 bits per heavy atom. The van der Waals surface area contributed by atoms with E-state index in [0.29, 0.717) is 41.4 Å². The molecule has 0 saturated heterocycles. The molecule has 7 nitrogen and oxygen atoms in total. The number of fused-ring (bicyclic) bond motifs is 1. The van der Waals surface area contributed by atoms with Gasteiger partial charge in [0.15, 0.2) is 22.5 Å². The maximum absolute atomic E-state index is 13.3. The van der Waals surface area contributed by atoms with E-state index in [-0.39, 0.29) is 22.7 Å². The van der Waals surface area contributed by atoms with Gasteiger partial charge in [-0.2, -0.15) is 0 Å². The third-order valence-electron chi connectivity index (χ3n) is 4.72. The predicted octanol–water partition coefficient (Wildman–Crippen LogP) is 5.21. The van der Waals surface area contributed by atoms with Crippen LogP contribution in [0.2, 0.25) is 5.02 Å². The molecule has 0 saturated carbocycles. The lowest BCUT2D eigenvalue weighted by Crippen LogP contribution is -2.15. The average Bonchev–Trinajstić information content (AvgIpc) is 3.05. The molecule has 32 heavy (non-hydrogen) atoms. The van der Waals surface area contributed by atoms with Crippen LogP contribution in [0, 0.1) is 5.82 Å². The molecule has 0 aliphatic carbocycles. The van der Waals surface area contributed by atoms with Crippen LogP contribution < -0.4 is 14.8 Å². The Kier molecular flexibility index (Phi) is 6.86. The van der Waals surface area contributed by atoms with Gasteiger partial charge in [0.1, 0.15) is 5.82 Å². The van der Waals surface area contributed by atoms with Crippen molar-refractivity contribution in [2.45, 2.75) is 31.5 Å². The van der Waals surface area contributed by atoms with Crippen LogP contribution in [0.15, 0.2) is 41.6 Å². The topological polar surface area (TPSA) is 78.3 Å². The molecular weight excluding hydrogens is 455 g/mol. The SMILES string of the molecule is CC(C)n1c(SCC(=O)Nc2ccc(F)c(Cl)c2)nnc1-c1ccc2c(c1)OCCCO2. The van der Waals surface area contributed by atoms with E-state index in [1.165, 1.54) is 30.0 Å². The predicted molar refractivity (Wildman–Crippen MR) is 122 cm³/mol. The summed E-state index contributed by atoms with van der Waals surface area (Å²) in [6, 6.07) is 9.82. The third-order valence-corrected chi connectivity index (χ3v) is 5.96. The van der Waals surface area contributed by atoms with Gasteiger partial charge in [-0.25, -0.2) is 4.39 Å². The number of aromatic nitrogens is 3. The summed E-state index contributed by atoms with van der Waals surface area (Å²) < 4.78 is 26.8. The van der Waals surface area contributed by atoms with Crippen LogP contribution in [0.25, 0.3) is 11.4 Å². The second kappa shape index (κ2) is 9.79. The van der Waals surface area contributed by atoms with Gasteiger partial charge in [0.25, 0.3) is 0 Å². The molecule has 0 unspecified atom stereocenters. The number of hydrogen-bond donors (Lipinski definition) is 1. The number of rotatable bonds is 6. The summed E-state index contributed by atoms with van der Waals surface area (Å²) in [4.78, 5) is 12.4. The highest BCUT2D eigenvalue weighted by Gasteiger charge is 2.20. The van der Waals surface area contributed by atoms with Crippen molar-refractivity contribution in [1.29, 1.82) is 0 Å². The minimum atomic E-state index is -0.536. The Hall–Kier alpha value is -2.78. The largest absolute Gasteiger partial charge is 0.490 e. The highest BCUT2D eigenvalue weighted by atomic mass is 35.5. The first-order valence-electron chi connectivity index (χ1n) is 10.1. The Labute approximate surface area is 194 Å². The maximum Gasteiger partial charge on any atom is 0.234 e. The summed E-state index contributed by atoms with van der Waals surface area (Å²) in [5.41, 5.74) is 1.29. The number of amides is 1. The molecule has 1 aliphatic heterocycles. The fraction of sp³-hybridized carbons (Fsp3) is 0.318. The Morgan fingerprint density at radius 3 is 2.72 bits per heavy atom. The number of nitrogens with one attached hydrogen (secondary N) is 1. The molecule has 3 aromatic rings. The summed E-state index contributed by atoms with van der Waals surface area (Å²) in [6.07, 6.45) is 0.833. The van der Waals surface area contributed by atoms with Gasteiger partial charge in [-0.1, -0.05) is 23.4 Å². The van der Waals surface area contributed by atoms with Crippen LogP contribution in [-0.2, 0) is 4.79 Å². The summed E-state index contributed by atoms with van der Waals surface area (Å²) >= 11 is 7.04. The molecule has 0 radical (unpaired) electrons. The summed E-state index contributed by atoms with van der Waals surface area (Å²) in [6.45, 7) is 5.28. The molecule has 168 valence electrons. The smallest absolute Gasteiger partial charge is 0.234 e. The van der Waals surface area contributed by atoms with E-state index in [2.05, 4.69) is 15.5 Å². The number of anilines is 1. The van der Waals surface area contributed by atoms with E-state index in [9.17, 15) is 9.18 Å². The molecule has 1 N–H and O–H groups in total. The lowest BCUT2D eigenvalue weighted by molar-refractivity contribution is -0.113. The van der Waals surface area contributed by atoms with Crippen LogP contribution in [-0.4, -0.2) is 39.6 Å². The number of carbonyl (C=O) groups excluding carboxylic acids is 1. The first kappa shape index (κ1) is 22.4. The molecule has 0 spiro atoms. The fourth-order valence-electron chi connectivity index (χ4n) is 3.24. The highest BCUT2D eigenvalue weighted by Crippen LogP contribution is 2.35. The summed E-state index contributed by atoms with van der Waals surface area (Å²) in [5.74, 6) is 1.41. The van der Waals surface area contributed by atoms with E-state index >= 15 is 0 Å². The quantitative estimate of drug-likeness (QED) is 0.492. The van der Waals surface area contributed by atoms with Gasteiger partial charge in [-0.3, -0.25) is 9.36 Å². The van der Waals surface area contributed by atoms with E-state index in [4.69, 9.17) is 21.1 Å². The molecular formula is C22H22ClFN4O3S. The second-order valence-electron chi connectivity index (χ2n) is 7.45. The maximum atomic E-state index is 13.3. The standard InChI is InChI=1S/C22H22ClFN4O3S/c1-13(2)28-21(14-4-7-18-19(10-14)31-9-3-8-30-18)26-27-22(28)32-12-20(29)25-15-5-6-17(24)16(23)11-15/h4-7,10-11,13H,3,8-9,12H2,1-2H3,(H,25,29). The Morgan fingerprint density at radius 1 is 1.19 bits per heavy atom. The zero-order valence-corrected chi connectivity index (χ0v) is 19.2. The van der Waals surface area contributed by atoms with Crippen LogP contribution in [0.4, 0.5) is 10.1 Å². The van der Waals surface area contributed by atoms with Gasteiger partial charge in [0, 0.05) is 23.7 Å². The van der Waals surface area contributed by atoms with Crippen molar-refractivity contribution in [2.75, 3.05) is 24.3 Å².